The van der Waals surface area contributed by atoms with Crippen molar-refractivity contribution in [2.75, 3.05) is 20.0 Å². The van der Waals surface area contributed by atoms with Gasteiger partial charge in [-0.2, -0.15) is 0 Å². The zero-order valence-corrected chi connectivity index (χ0v) is 12.2. The number of methoxy groups -OCH3 is 1. The van der Waals surface area contributed by atoms with Crippen molar-refractivity contribution in [3.05, 3.63) is 0 Å². The lowest BCUT2D eigenvalue weighted by molar-refractivity contribution is 0.178. The standard InChI is InChI=1S/C12H26N2O3S/c1-17-8-4-7-12(14-13)10-5-3-6-11(9-10)18(2,15)16/h10-12,14H,3-9,13H2,1-2H3. The maximum absolute atomic E-state index is 11.6. The Labute approximate surface area is 110 Å². The van der Waals surface area contributed by atoms with Crippen LogP contribution in [-0.2, 0) is 14.6 Å². The van der Waals surface area contributed by atoms with Gasteiger partial charge in [0.05, 0.1) is 5.25 Å². The second-order valence-electron chi connectivity index (χ2n) is 5.29. The summed E-state index contributed by atoms with van der Waals surface area (Å²) in [6.07, 6.45) is 6.80. The van der Waals surface area contributed by atoms with Gasteiger partial charge in [0.25, 0.3) is 0 Å². The molecule has 1 rings (SSSR count). The lowest BCUT2D eigenvalue weighted by atomic mass is 9.82. The van der Waals surface area contributed by atoms with Gasteiger partial charge in [-0.15, -0.1) is 0 Å². The van der Waals surface area contributed by atoms with Crippen LogP contribution in [0.5, 0.6) is 0 Å². The molecule has 3 atom stereocenters. The first-order chi connectivity index (χ1) is 8.49. The molecule has 3 N–H and O–H groups in total. The van der Waals surface area contributed by atoms with E-state index in [1.54, 1.807) is 7.11 Å². The van der Waals surface area contributed by atoms with E-state index in [0.29, 0.717) is 5.92 Å². The van der Waals surface area contributed by atoms with E-state index < -0.39 is 9.84 Å². The van der Waals surface area contributed by atoms with E-state index in [0.717, 1.165) is 45.1 Å². The molecule has 6 heteroatoms. The molecule has 0 aromatic rings. The lowest BCUT2D eigenvalue weighted by Crippen LogP contribution is -2.44. The Morgan fingerprint density at radius 2 is 2.17 bits per heavy atom. The predicted molar refractivity (Wildman–Crippen MR) is 72.8 cm³/mol. The Morgan fingerprint density at radius 3 is 2.72 bits per heavy atom. The molecule has 0 aromatic carbocycles. The Kier molecular flexibility index (Phi) is 6.55. The highest BCUT2D eigenvalue weighted by molar-refractivity contribution is 7.91. The average molecular weight is 278 g/mol. The van der Waals surface area contributed by atoms with Crippen molar-refractivity contribution < 1.29 is 13.2 Å². The van der Waals surface area contributed by atoms with Crippen LogP contribution >= 0.6 is 0 Å². The Balaban J connectivity index is 2.52. The Hall–Kier alpha value is -0.170. The van der Waals surface area contributed by atoms with Gasteiger partial charge in [-0.25, -0.2) is 8.42 Å². The monoisotopic (exact) mass is 278 g/mol. The zero-order chi connectivity index (χ0) is 13.6. The highest BCUT2D eigenvalue weighted by atomic mass is 32.2. The van der Waals surface area contributed by atoms with Crippen molar-refractivity contribution in [2.45, 2.75) is 49.8 Å². The number of hydrogen-bond donors (Lipinski definition) is 2. The summed E-state index contributed by atoms with van der Waals surface area (Å²) in [6.45, 7) is 0.723. The summed E-state index contributed by atoms with van der Waals surface area (Å²) >= 11 is 0. The van der Waals surface area contributed by atoms with Crippen molar-refractivity contribution in [3.8, 4) is 0 Å². The average Bonchev–Trinajstić information content (AvgIpc) is 2.34. The van der Waals surface area contributed by atoms with Gasteiger partial charge < -0.3 is 4.74 Å². The van der Waals surface area contributed by atoms with Crippen molar-refractivity contribution in [1.82, 2.24) is 5.43 Å². The molecular weight excluding hydrogens is 252 g/mol. The smallest absolute Gasteiger partial charge is 0.150 e. The number of hydrazine groups is 1. The quantitative estimate of drug-likeness (QED) is 0.410. The van der Waals surface area contributed by atoms with Gasteiger partial charge in [-0.1, -0.05) is 6.42 Å². The summed E-state index contributed by atoms with van der Waals surface area (Å²) < 4.78 is 28.3. The van der Waals surface area contributed by atoms with Crippen molar-refractivity contribution >= 4 is 9.84 Å². The first kappa shape index (κ1) is 15.9. The largest absolute Gasteiger partial charge is 0.385 e. The normalized spacial score (nSPS) is 27.1. The molecule has 0 spiro atoms. The SMILES string of the molecule is COCCCC(NN)C1CCCC(S(C)(=O)=O)C1. The number of sulfone groups is 1. The third kappa shape index (κ3) is 4.84. The van der Waals surface area contributed by atoms with Gasteiger partial charge >= 0.3 is 0 Å². The highest BCUT2D eigenvalue weighted by Gasteiger charge is 2.32. The molecule has 0 amide bonds. The van der Waals surface area contributed by atoms with Crippen molar-refractivity contribution in [2.24, 2.45) is 11.8 Å². The van der Waals surface area contributed by atoms with Crippen LogP contribution < -0.4 is 11.3 Å². The second kappa shape index (κ2) is 7.43. The van der Waals surface area contributed by atoms with Crippen molar-refractivity contribution in [1.29, 1.82) is 0 Å². The summed E-state index contributed by atoms with van der Waals surface area (Å²) in [5.41, 5.74) is 2.85. The predicted octanol–water partition coefficient (Wildman–Crippen LogP) is 0.848. The maximum Gasteiger partial charge on any atom is 0.150 e. The first-order valence-electron chi connectivity index (χ1n) is 6.63. The fourth-order valence-electron chi connectivity index (χ4n) is 2.84. The van der Waals surface area contributed by atoms with Crippen LogP contribution in [0.3, 0.4) is 0 Å². The number of nitrogens with one attached hydrogen (secondary N) is 1. The molecule has 0 bridgehead atoms. The first-order valence-corrected chi connectivity index (χ1v) is 8.58. The summed E-state index contributed by atoms with van der Waals surface area (Å²) in [5.74, 6) is 5.96. The third-order valence-corrected chi connectivity index (χ3v) is 5.56. The number of hydrogen-bond acceptors (Lipinski definition) is 5. The van der Waals surface area contributed by atoms with E-state index in [1.807, 2.05) is 0 Å². The number of ether oxygens (including phenoxy) is 1. The fraction of sp³-hybridized carbons (Fsp3) is 1.00. The fourth-order valence-corrected chi connectivity index (χ4v) is 4.03. The summed E-state index contributed by atoms with van der Waals surface area (Å²) in [7, 11) is -1.23. The third-order valence-electron chi connectivity index (χ3n) is 3.92. The molecule has 3 unspecified atom stereocenters. The van der Waals surface area contributed by atoms with Gasteiger partial charge in [0.15, 0.2) is 0 Å². The topological polar surface area (TPSA) is 81.4 Å². The zero-order valence-electron chi connectivity index (χ0n) is 11.4. The molecular formula is C12H26N2O3S. The highest BCUT2D eigenvalue weighted by Crippen LogP contribution is 2.31. The van der Waals surface area contributed by atoms with Crippen LogP contribution in [0.1, 0.15) is 38.5 Å². The van der Waals surface area contributed by atoms with Crippen LogP contribution in [-0.4, -0.2) is 39.7 Å². The minimum Gasteiger partial charge on any atom is -0.385 e. The molecule has 0 radical (unpaired) electrons. The van der Waals surface area contributed by atoms with Gasteiger partial charge in [0.1, 0.15) is 9.84 Å². The molecule has 1 saturated carbocycles. The minimum atomic E-state index is -2.92. The van der Waals surface area contributed by atoms with E-state index in [9.17, 15) is 8.42 Å². The van der Waals surface area contributed by atoms with E-state index >= 15 is 0 Å². The summed E-state index contributed by atoms with van der Waals surface area (Å²) in [6, 6.07) is 0.199. The van der Waals surface area contributed by atoms with E-state index in [4.69, 9.17) is 10.6 Å². The number of nitrogens with two attached hydrogens (primary N) is 1. The molecule has 0 aliphatic heterocycles. The lowest BCUT2D eigenvalue weighted by Gasteiger charge is -2.33. The Morgan fingerprint density at radius 1 is 1.44 bits per heavy atom. The second-order valence-corrected chi connectivity index (χ2v) is 7.61. The van der Waals surface area contributed by atoms with Gasteiger partial charge in [-0.3, -0.25) is 11.3 Å². The molecule has 0 aromatic heterocycles. The van der Waals surface area contributed by atoms with Crippen LogP contribution in [0.4, 0.5) is 0 Å². The van der Waals surface area contributed by atoms with Crippen LogP contribution in [0, 0.1) is 5.92 Å². The van der Waals surface area contributed by atoms with Crippen molar-refractivity contribution in [3.63, 3.8) is 0 Å². The molecule has 0 saturated heterocycles. The van der Waals surface area contributed by atoms with E-state index in [-0.39, 0.29) is 11.3 Å². The summed E-state index contributed by atoms with van der Waals surface area (Å²) in [5, 5.41) is -0.186. The van der Waals surface area contributed by atoms with E-state index in [2.05, 4.69) is 5.43 Å². The van der Waals surface area contributed by atoms with Crippen LogP contribution in [0.15, 0.2) is 0 Å². The molecule has 1 aliphatic rings. The molecule has 1 aliphatic carbocycles. The minimum absolute atomic E-state index is 0.186. The molecule has 1 fully saturated rings. The van der Waals surface area contributed by atoms with Gasteiger partial charge in [0.2, 0.25) is 0 Å². The van der Waals surface area contributed by atoms with Gasteiger partial charge in [-0.05, 0) is 38.0 Å². The molecule has 0 heterocycles. The van der Waals surface area contributed by atoms with Crippen LogP contribution in [0.25, 0.3) is 0 Å². The Bertz CT molecular complexity index is 332. The number of rotatable bonds is 7. The molecule has 5 nitrogen and oxygen atoms in total. The summed E-state index contributed by atoms with van der Waals surface area (Å²) in [4.78, 5) is 0. The van der Waals surface area contributed by atoms with Crippen LogP contribution in [0.2, 0.25) is 0 Å². The maximum atomic E-state index is 11.6. The molecule has 18 heavy (non-hydrogen) atoms. The van der Waals surface area contributed by atoms with Gasteiger partial charge in [0, 0.05) is 26.0 Å². The molecule has 108 valence electrons. The van der Waals surface area contributed by atoms with E-state index in [1.165, 1.54) is 6.26 Å².